The zero-order valence-electron chi connectivity index (χ0n) is 13.9. The summed E-state index contributed by atoms with van der Waals surface area (Å²) < 4.78 is 68.8. The lowest BCUT2D eigenvalue weighted by molar-refractivity contribution is -0.274. The highest BCUT2D eigenvalue weighted by molar-refractivity contribution is 5.97. The molecule has 0 spiro atoms. The first-order valence-corrected chi connectivity index (χ1v) is 8.42. The van der Waals surface area contributed by atoms with Gasteiger partial charge in [0.2, 0.25) is 0 Å². The van der Waals surface area contributed by atoms with Crippen LogP contribution in [0.5, 0.6) is 5.75 Å². The number of nitrogens with one attached hydrogen (secondary N) is 1. The van der Waals surface area contributed by atoms with Crippen LogP contribution in [0.15, 0.2) is 18.2 Å². The molecule has 9 heteroatoms. The maximum Gasteiger partial charge on any atom is 0.573 e. The number of carbonyl (C=O) groups excluding carboxylic acids is 1. The number of carbonyl (C=O) groups is 1. The van der Waals surface area contributed by atoms with Gasteiger partial charge in [-0.1, -0.05) is 6.07 Å². The van der Waals surface area contributed by atoms with Gasteiger partial charge in [-0.15, -0.1) is 13.2 Å². The van der Waals surface area contributed by atoms with E-state index in [9.17, 15) is 26.7 Å². The van der Waals surface area contributed by atoms with Crippen LogP contribution in [-0.4, -0.2) is 49.3 Å². The molecule has 1 amide bonds. The number of hydrogen-bond donors (Lipinski definition) is 1. The average molecular weight is 378 g/mol. The maximum absolute atomic E-state index is 13.4. The molecule has 1 aromatic carbocycles. The summed E-state index contributed by atoms with van der Waals surface area (Å²) in [6, 6.07) is 3.97. The molecule has 26 heavy (non-hydrogen) atoms. The standard InChI is InChI=1S/C17H19F5N2O2/c18-16(19)5-8-24(10-16)15(25)13-9-12(11-3-6-23-7-4-11)1-2-14(13)26-17(20,21)22/h1-2,9,11,23H,3-8,10H2. The molecule has 3 rings (SSSR count). The number of benzene rings is 1. The molecule has 0 aliphatic carbocycles. The molecule has 0 radical (unpaired) electrons. The molecule has 1 N–H and O–H groups in total. The van der Waals surface area contributed by atoms with Crippen LogP contribution in [0.3, 0.4) is 0 Å². The Hall–Kier alpha value is -1.90. The minimum atomic E-state index is -4.97. The Morgan fingerprint density at radius 2 is 1.92 bits per heavy atom. The van der Waals surface area contributed by atoms with E-state index in [-0.39, 0.29) is 18.0 Å². The Balaban J connectivity index is 1.91. The molecule has 0 atom stereocenters. The predicted octanol–water partition coefficient (Wildman–Crippen LogP) is 3.53. The van der Waals surface area contributed by atoms with Crippen molar-refractivity contribution in [3.8, 4) is 5.75 Å². The van der Waals surface area contributed by atoms with Crippen molar-refractivity contribution in [1.82, 2.24) is 10.2 Å². The second kappa shape index (κ2) is 7.02. The van der Waals surface area contributed by atoms with Crippen molar-refractivity contribution in [3.63, 3.8) is 0 Å². The molecule has 0 unspecified atom stereocenters. The van der Waals surface area contributed by atoms with Gasteiger partial charge < -0.3 is 15.0 Å². The molecule has 4 nitrogen and oxygen atoms in total. The molecular weight excluding hydrogens is 359 g/mol. The summed E-state index contributed by atoms with van der Waals surface area (Å²) in [5.74, 6) is -4.44. The Kier molecular flexibility index (Phi) is 5.09. The molecule has 144 valence electrons. The zero-order chi connectivity index (χ0) is 18.9. The van der Waals surface area contributed by atoms with Gasteiger partial charge in [0.25, 0.3) is 11.8 Å². The highest BCUT2D eigenvalue weighted by Gasteiger charge is 2.42. The SMILES string of the molecule is O=C(c1cc(C2CCNCC2)ccc1OC(F)(F)F)N1CCC(F)(F)C1. The molecular formula is C17H19F5N2O2. The van der Waals surface area contributed by atoms with Crippen molar-refractivity contribution < 1.29 is 31.5 Å². The number of hydrogen-bond acceptors (Lipinski definition) is 3. The van der Waals surface area contributed by atoms with Crippen LogP contribution in [0.25, 0.3) is 0 Å². The van der Waals surface area contributed by atoms with E-state index in [0.29, 0.717) is 0 Å². The summed E-state index contributed by atoms with van der Waals surface area (Å²) in [5, 5.41) is 3.19. The van der Waals surface area contributed by atoms with Crippen LogP contribution in [0.1, 0.15) is 41.1 Å². The first kappa shape index (κ1) is 18.9. The van der Waals surface area contributed by atoms with Crippen molar-refractivity contribution >= 4 is 5.91 Å². The molecule has 1 aromatic rings. The molecule has 2 saturated heterocycles. The minimum absolute atomic E-state index is 0.0998. The Morgan fingerprint density at radius 1 is 1.23 bits per heavy atom. The Bertz CT molecular complexity index is 672. The number of amides is 1. The number of rotatable bonds is 3. The van der Waals surface area contributed by atoms with Gasteiger partial charge in [0.15, 0.2) is 0 Å². The molecule has 0 aromatic heterocycles. The van der Waals surface area contributed by atoms with E-state index in [2.05, 4.69) is 10.1 Å². The van der Waals surface area contributed by atoms with Crippen LogP contribution >= 0.6 is 0 Å². The zero-order valence-corrected chi connectivity index (χ0v) is 13.9. The first-order chi connectivity index (χ1) is 12.1. The van der Waals surface area contributed by atoms with Crippen molar-refractivity contribution in [1.29, 1.82) is 0 Å². The van der Waals surface area contributed by atoms with E-state index in [1.165, 1.54) is 12.1 Å². The van der Waals surface area contributed by atoms with E-state index in [1.807, 2.05) is 0 Å². The smallest absolute Gasteiger partial charge is 0.405 e. The van der Waals surface area contributed by atoms with E-state index in [1.54, 1.807) is 0 Å². The van der Waals surface area contributed by atoms with Crippen LogP contribution < -0.4 is 10.1 Å². The molecule has 2 heterocycles. The normalized spacial score (nSPS) is 21.0. The fourth-order valence-electron chi connectivity index (χ4n) is 3.42. The topological polar surface area (TPSA) is 41.6 Å². The molecule has 0 bridgehead atoms. The summed E-state index contributed by atoms with van der Waals surface area (Å²) >= 11 is 0. The van der Waals surface area contributed by atoms with Gasteiger partial charge >= 0.3 is 6.36 Å². The van der Waals surface area contributed by atoms with Crippen LogP contribution in [0.4, 0.5) is 22.0 Å². The third-order valence-corrected chi connectivity index (χ3v) is 4.73. The van der Waals surface area contributed by atoms with Crippen molar-refractivity contribution in [3.05, 3.63) is 29.3 Å². The predicted molar refractivity (Wildman–Crippen MR) is 83.4 cm³/mol. The quantitative estimate of drug-likeness (QED) is 0.819. The van der Waals surface area contributed by atoms with Gasteiger partial charge in [-0.05, 0) is 49.5 Å². The number of likely N-dealkylation sites (tertiary alicyclic amines) is 1. The molecule has 0 saturated carbocycles. The van der Waals surface area contributed by atoms with Crippen LogP contribution in [0.2, 0.25) is 0 Å². The molecule has 2 fully saturated rings. The van der Waals surface area contributed by atoms with Gasteiger partial charge in [-0.3, -0.25) is 4.79 Å². The van der Waals surface area contributed by atoms with Crippen LogP contribution in [0, 0.1) is 0 Å². The second-order valence-corrected chi connectivity index (χ2v) is 6.66. The van der Waals surface area contributed by atoms with E-state index >= 15 is 0 Å². The van der Waals surface area contributed by atoms with Gasteiger partial charge in [-0.25, -0.2) is 8.78 Å². The summed E-state index contributed by atoms with van der Waals surface area (Å²) in [6.07, 6.45) is -3.90. The number of ether oxygens (including phenoxy) is 1. The summed E-state index contributed by atoms with van der Waals surface area (Å²) in [6.45, 7) is 0.546. The van der Waals surface area contributed by atoms with Crippen LogP contribution in [-0.2, 0) is 0 Å². The highest BCUT2D eigenvalue weighted by atomic mass is 19.4. The fraction of sp³-hybridized carbons (Fsp3) is 0.588. The first-order valence-electron chi connectivity index (χ1n) is 8.42. The lowest BCUT2D eigenvalue weighted by Gasteiger charge is -2.25. The second-order valence-electron chi connectivity index (χ2n) is 6.66. The summed E-state index contributed by atoms with van der Waals surface area (Å²) in [7, 11) is 0. The highest BCUT2D eigenvalue weighted by Crippen LogP contribution is 2.35. The Morgan fingerprint density at radius 3 is 2.50 bits per heavy atom. The lowest BCUT2D eigenvalue weighted by Crippen LogP contribution is -2.32. The van der Waals surface area contributed by atoms with Gasteiger partial charge in [0.1, 0.15) is 5.75 Å². The van der Waals surface area contributed by atoms with Crippen molar-refractivity contribution in [2.45, 2.75) is 37.5 Å². The number of alkyl halides is 5. The Labute approximate surface area is 147 Å². The van der Waals surface area contributed by atoms with Gasteiger partial charge in [-0.2, -0.15) is 0 Å². The minimum Gasteiger partial charge on any atom is -0.405 e. The number of nitrogens with zero attached hydrogens (tertiary/aromatic N) is 1. The average Bonchev–Trinajstić information content (AvgIpc) is 2.94. The largest absolute Gasteiger partial charge is 0.573 e. The van der Waals surface area contributed by atoms with Crippen molar-refractivity contribution in [2.75, 3.05) is 26.2 Å². The third-order valence-electron chi connectivity index (χ3n) is 4.73. The lowest BCUT2D eigenvalue weighted by atomic mass is 9.89. The molecule has 2 aliphatic rings. The number of halogens is 5. The maximum atomic E-state index is 13.4. The summed E-state index contributed by atoms with van der Waals surface area (Å²) in [5.41, 5.74) is 0.395. The van der Waals surface area contributed by atoms with E-state index in [4.69, 9.17) is 0 Å². The monoisotopic (exact) mass is 378 g/mol. The van der Waals surface area contributed by atoms with Gasteiger partial charge in [0.05, 0.1) is 12.1 Å². The van der Waals surface area contributed by atoms with Gasteiger partial charge in [0, 0.05) is 13.0 Å². The summed E-state index contributed by atoms with van der Waals surface area (Å²) in [4.78, 5) is 13.5. The van der Waals surface area contributed by atoms with E-state index in [0.717, 1.165) is 42.5 Å². The van der Waals surface area contributed by atoms with E-state index < -0.39 is 36.9 Å². The third kappa shape index (κ3) is 4.44. The van der Waals surface area contributed by atoms with Crippen molar-refractivity contribution in [2.24, 2.45) is 0 Å². The fourth-order valence-corrected chi connectivity index (χ4v) is 3.42. The number of piperidine rings is 1. The molecule has 2 aliphatic heterocycles.